The number of methoxy groups -OCH3 is 2. The predicted octanol–water partition coefficient (Wildman–Crippen LogP) is 1.34. The highest BCUT2D eigenvalue weighted by molar-refractivity contribution is 5.72. The van der Waals surface area contributed by atoms with Crippen LogP contribution in [-0.4, -0.2) is 31.9 Å². The molecule has 0 spiro atoms. The molecule has 0 unspecified atom stereocenters. The smallest absolute Gasteiger partial charge is 0.310 e. The van der Waals surface area contributed by atoms with E-state index in [1.165, 1.54) is 0 Å². The minimum Gasteiger partial charge on any atom is -0.496 e. The molecule has 0 saturated carbocycles. The van der Waals surface area contributed by atoms with Gasteiger partial charge in [-0.15, -0.1) is 0 Å². The molecule has 0 aromatic heterocycles. The van der Waals surface area contributed by atoms with E-state index < -0.39 is 11.9 Å². The van der Waals surface area contributed by atoms with E-state index in [4.69, 9.17) is 19.3 Å². The molecule has 1 aromatic rings. The average Bonchev–Trinajstić information content (AvgIpc) is 2.36. The van der Waals surface area contributed by atoms with Crippen LogP contribution in [-0.2, 0) is 11.2 Å². The molecule has 0 bridgehead atoms. The van der Waals surface area contributed by atoms with Crippen LogP contribution in [0.3, 0.4) is 0 Å². The summed E-state index contributed by atoms with van der Waals surface area (Å²) in [6.07, 6.45) is 0.415. The fourth-order valence-corrected chi connectivity index (χ4v) is 1.88. The summed E-state index contributed by atoms with van der Waals surface area (Å²) in [5.41, 5.74) is 0.784. The normalized spacial score (nSPS) is 17.9. The lowest BCUT2D eigenvalue weighted by Crippen LogP contribution is -2.28. The van der Waals surface area contributed by atoms with E-state index >= 15 is 0 Å². The Morgan fingerprint density at radius 1 is 1.41 bits per heavy atom. The lowest BCUT2D eigenvalue weighted by molar-refractivity contribution is -0.143. The molecule has 1 aliphatic heterocycles. The Morgan fingerprint density at radius 3 is 2.76 bits per heavy atom. The average molecular weight is 238 g/mol. The third kappa shape index (κ3) is 2.13. The van der Waals surface area contributed by atoms with Crippen LogP contribution in [0, 0.1) is 5.92 Å². The highest BCUT2D eigenvalue weighted by Crippen LogP contribution is 2.38. The van der Waals surface area contributed by atoms with Gasteiger partial charge in [-0.05, 0) is 6.42 Å². The van der Waals surface area contributed by atoms with Crippen molar-refractivity contribution < 1.29 is 24.1 Å². The summed E-state index contributed by atoms with van der Waals surface area (Å²) in [7, 11) is 3.10. The van der Waals surface area contributed by atoms with Crippen LogP contribution in [0.2, 0.25) is 0 Å². The molecular weight excluding hydrogens is 224 g/mol. The number of ether oxygens (including phenoxy) is 3. The summed E-state index contributed by atoms with van der Waals surface area (Å²) in [4.78, 5) is 10.9. The molecule has 0 aliphatic carbocycles. The Morgan fingerprint density at radius 2 is 2.18 bits per heavy atom. The molecular formula is C12H14O5. The van der Waals surface area contributed by atoms with Gasteiger partial charge in [0.1, 0.15) is 23.9 Å². The lowest BCUT2D eigenvalue weighted by atomic mass is 9.96. The standard InChI is InChI=1S/C12H14O5/c1-15-8-4-10(16-2)9-3-7(12(13)14)6-17-11(9)5-8/h4-5,7H,3,6H2,1-2H3,(H,13,14)/t7-/m1/s1. The van der Waals surface area contributed by atoms with Crippen LogP contribution in [0.25, 0.3) is 0 Å². The predicted molar refractivity (Wildman–Crippen MR) is 59.9 cm³/mol. The zero-order valence-corrected chi connectivity index (χ0v) is 9.73. The quantitative estimate of drug-likeness (QED) is 0.860. The van der Waals surface area contributed by atoms with Crippen molar-refractivity contribution in [1.29, 1.82) is 0 Å². The number of carboxylic acid groups (broad SMARTS) is 1. The minimum atomic E-state index is -0.853. The van der Waals surface area contributed by atoms with Crippen molar-refractivity contribution >= 4 is 5.97 Å². The number of carboxylic acids is 1. The van der Waals surface area contributed by atoms with Crippen molar-refractivity contribution in [3.8, 4) is 17.2 Å². The molecule has 1 N–H and O–H groups in total. The van der Waals surface area contributed by atoms with Gasteiger partial charge in [0.15, 0.2) is 0 Å². The van der Waals surface area contributed by atoms with Crippen LogP contribution < -0.4 is 14.2 Å². The van der Waals surface area contributed by atoms with Gasteiger partial charge in [0.05, 0.1) is 20.1 Å². The maximum absolute atomic E-state index is 10.9. The third-order valence-electron chi connectivity index (χ3n) is 2.84. The Bertz CT molecular complexity index is 424. The molecule has 5 nitrogen and oxygen atoms in total. The molecule has 0 saturated heterocycles. The summed E-state index contributed by atoms with van der Waals surface area (Å²) in [6, 6.07) is 3.47. The molecule has 1 aliphatic rings. The molecule has 1 heterocycles. The van der Waals surface area contributed by atoms with E-state index in [2.05, 4.69) is 0 Å². The fraction of sp³-hybridized carbons (Fsp3) is 0.417. The van der Waals surface area contributed by atoms with Gasteiger partial charge in [-0.3, -0.25) is 4.79 Å². The van der Waals surface area contributed by atoms with Crippen LogP contribution in [0.1, 0.15) is 5.56 Å². The van der Waals surface area contributed by atoms with Crippen molar-refractivity contribution in [3.05, 3.63) is 17.7 Å². The number of rotatable bonds is 3. The van der Waals surface area contributed by atoms with Crippen LogP contribution in [0.5, 0.6) is 17.2 Å². The summed E-state index contributed by atoms with van der Waals surface area (Å²) in [5, 5.41) is 8.98. The first-order valence-corrected chi connectivity index (χ1v) is 5.26. The van der Waals surface area contributed by atoms with Crippen molar-refractivity contribution in [2.24, 2.45) is 5.92 Å². The highest BCUT2D eigenvalue weighted by atomic mass is 16.5. The fourth-order valence-electron chi connectivity index (χ4n) is 1.88. The van der Waals surface area contributed by atoms with E-state index in [0.717, 1.165) is 5.56 Å². The molecule has 2 rings (SSSR count). The van der Waals surface area contributed by atoms with Crippen molar-refractivity contribution in [2.45, 2.75) is 6.42 Å². The van der Waals surface area contributed by atoms with Gasteiger partial charge in [-0.2, -0.15) is 0 Å². The zero-order chi connectivity index (χ0) is 12.4. The molecule has 5 heteroatoms. The molecule has 1 aromatic carbocycles. The topological polar surface area (TPSA) is 65.0 Å². The highest BCUT2D eigenvalue weighted by Gasteiger charge is 2.28. The molecule has 17 heavy (non-hydrogen) atoms. The molecule has 0 radical (unpaired) electrons. The summed E-state index contributed by atoms with van der Waals surface area (Å²) in [5.74, 6) is 0.497. The van der Waals surface area contributed by atoms with Gasteiger partial charge in [0.25, 0.3) is 0 Å². The van der Waals surface area contributed by atoms with Crippen molar-refractivity contribution in [1.82, 2.24) is 0 Å². The lowest BCUT2D eigenvalue weighted by Gasteiger charge is -2.24. The summed E-state index contributed by atoms with van der Waals surface area (Å²) in [6.45, 7) is 0.179. The Kier molecular flexibility index (Phi) is 3.08. The molecule has 1 atom stereocenters. The van der Waals surface area contributed by atoms with Gasteiger partial charge in [-0.1, -0.05) is 0 Å². The van der Waals surface area contributed by atoms with E-state index in [1.54, 1.807) is 26.4 Å². The van der Waals surface area contributed by atoms with Gasteiger partial charge >= 0.3 is 5.97 Å². The van der Waals surface area contributed by atoms with Gasteiger partial charge in [-0.25, -0.2) is 0 Å². The van der Waals surface area contributed by atoms with Crippen LogP contribution in [0.4, 0.5) is 0 Å². The second-order valence-electron chi connectivity index (χ2n) is 3.86. The largest absolute Gasteiger partial charge is 0.496 e. The summed E-state index contributed by atoms with van der Waals surface area (Å²) < 4.78 is 15.8. The van der Waals surface area contributed by atoms with E-state index in [1.807, 2.05) is 0 Å². The number of fused-ring (bicyclic) bond motifs is 1. The first-order valence-electron chi connectivity index (χ1n) is 5.26. The number of carbonyl (C=O) groups is 1. The van der Waals surface area contributed by atoms with Gasteiger partial charge < -0.3 is 19.3 Å². The summed E-state index contributed by atoms with van der Waals surface area (Å²) >= 11 is 0. The van der Waals surface area contributed by atoms with E-state index in [-0.39, 0.29) is 6.61 Å². The number of aliphatic carboxylic acids is 1. The molecule has 0 amide bonds. The van der Waals surface area contributed by atoms with Gasteiger partial charge in [0, 0.05) is 17.7 Å². The second kappa shape index (κ2) is 4.53. The molecule has 0 fully saturated rings. The first kappa shape index (κ1) is 11.6. The SMILES string of the molecule is COc1cc(OC)c2c(c1)OC[C@H](C(=O)O)C2. The molecule has 92 valence electrons. The van der Waals surface area contributed by atoms with Crippen LogP contribution in [0.15, 0.2) is 12.1 Å². The van der Waals surface area contributed by atoms with Crippen molar-refractivity contribution in [3.63, 3.8) is 0 Å². The maximum atomic E-state index is 10.9. The Hall–Kier alpha value is -1.91. The second-order valence-corrected chi connectivity index (χ2v) is 3.86. The maximum Gasteiger partial charge on any atom is 0.310 e. The van der Waals surface area contributed by atoms with Crippen LogP contribution >= 0.6 is 0 Å². The third-order valence-corrected chi connectivity index (χ3v) is 2.84. The first-order chi connectivity index (χ1) is 8.15. The minimum absolute atomic E-state index is 0.179. The van der Waals surface area contributed by atoms with Crippen molar-refractivity contribution in [2.75, 3.05) is 20.8 Å². The zero-order valence-electron chi connectivity index (χ0n) is 9.73. The number of hydrogen-bond donors (Lipinski definition) is 1. The van der Waals surface area contributed by atoms with Gasteiger partial charge in [0.2, 0.25) is 0 Å². The van der Waals surface area contributed by atoms with E-state index in [0.29, 0.717) is 23.7 Å². The number of benzene rings is 1. The number of hydrogen-bond acceptors (Lipinski definition) is 4. The van der Waals surface area contributed by atoms with E-state index in [9.17, 15) is 4.79 Å². The Labute approximate surface area is 98.9 Å². The monoisotopic (exact) mass is 238 g/mol. The Balaban J connectivity index is 2.39.